The zero-order chi connectivity index (χ0) is 18.9. The van der Waals surface area contributed by atoms with E-state index in [4.69, 9.17) is 21.1 Å². The molecule has 1 heterocycles. The van der Waals surface area contributed by atoms with Gasteiger partial charge in [0.15, 0.2) is 11.1 Å². The van der Waals surface area contributed by atoms with Gasteiger partial charge in [-0.25, -0.2) is 9.78 Å². The second kappa shape index (κ2) is 10.5. The molecule has 0 saturated carbocycles. The number of nitrogens with zero attached hydrogens (tertiary/aromatic N) is 1. The number of halogens is 1. The van der Waals surface area contributed by atoms with E-state index in [1.54, 1.807) is 7.11 Å². The lowest BCUT2D eigenvalue weighted by atomic mass is 10.0. The molecule has 26 heavy (non-hydrogen) atoms. The lowest BCUT2D eigenvalue weighted by Crippen LogP contribution is -2.26. The van der Waals surface area contributed by atoms with Crippen LogP contribution in [0.2, 0.25) is 4.47 Å². The van der Waals surface area contributed by atoms with Crippen LogP contribution in [-0.4, -0.2) is 44.9 Å². The zero-order valence-electron chi connectivity index (χ0n) is 15.0. The van der Waals surface area contributed by atoms with Crippen LogP contribution in [0.4, 0.5) is 0 Å². The highest BCUT2D eigenvalue weighted by atomic mass is 35.5. The molecule has 0 aliphatic heterocycles. The number of nitrogens with one attached hydrogen (secondary N) is 1. The summed E-state index contributed by atoms with van der Waals surface area (Å²) in [5.41, 5.74) is 2.02. The van der Waals surface area contributed by atoms with Crippen LogP contribution in [-0.2, 0) is 14.3 Å². The molecule has 2 unspecified atom stereocenters. The molecule has 2 rings (SSSR count). The normalized spacial score (nSPS) is 13.2. The van der Waals surface area contributed by atoms with Crippen LogP contribution < -0.4 is 10.1 Å². The minimum absolute atomic E-state index is 0.0913. The van der Waals surface area contributed by atoms with E-state index in [9.17, 15) is 4.79 Å². The second-order valence-corrected chi connectivity index (χ2v) is 7.18. The molecule has 0 radical (unpaired) electrons. The van der Waals surface area contributed by atoms with Gasteiger partial charge in [-0.15, -0.1) is 11.3 Å². The Hall–Kier alpha value is -1.67. The average molecular weight is 399 g/mol. The minimum atomic E-state index is -0.402. The van der Waals surface area contributed by atoms with Crippen molar-refractivity contribution in [3.05, 3.63) is 45.4 Å². The summed E-state index contributed by atoms with van der Waals surface area (Å²) in [6.07, 6.45) is -0.125. The quantitative estimate of drug-likeness (QED) is 0.618. The lowest BCUT2D eigenvalue weighted by molar-refractivity contribution is -0.142. The molecule has 1 N–H and O–H groups in total. The molecule has 0 amide bonds. The van der Waals surface area contributed by atoms with Crippen molar-refractivity contribution < 1.29 is 19.0 Å². The molecular weight excluding hydrogens is 376 g/mol. The molecule has 0 aliphatic rings. The fourth-order valence-electron chi connectivity index (χ4n) is 2.36. The summed E-state index contributed by atoms with van der Waals surface area (Å²) in [4.78, 5) is 15.3. The van der Waals surface area contributed by atoms with Crippen LogP contribution >= 0.6 is 22.9 Å². The highest BCUT2D eigenvalue weighted by Crippen LogP contribution is 2.23. The largest absolute Gasteiger partial charge is 0.482 e. The van der Waals surface area contributed by atoms with E-state index in [0.717, 1.165) is 12.2 Å². The first-order chi connectivity index (χ1) is 12.5. The number of ether oxygens (including phenoxy) is 3. The molecule has 8 heteroatoms. The fourth-order valence-corrected chi connectivity index (χ4v) is 3.17. The smallest absolute Gasteiger partial charge is 0.343 e. The van der Waals surface area contributed by atoms with Gasteiger partial charge in [-0.2, -0.15) is 0 Å². The third kappa shape index (κ3) is 6.25. The van der Waals surface area contributed by atoms with E-state index in [-0.39, 0.29) is 12.7 Å². The number of esters is 1. The maximum atomic E-state index is 11.1. The third-order valence-electron chi connectivity index (χ3n) is 3.92. The van der Waals surface area contributed by atoms with Gasteiger partial charge in [-0.05, 0) is 23.6 Å². The van der Waals surface area contributed by atoms with Gasteiger partial charge in [0.25, 0.3) is 0 Å². The van der Waals surface area contributed by atoms with Crippen molar-refractivity contribution in [2.75, 3.05) is 33.9 Å². The maximum absolute atomic E-state index is 11.1. The van der Waals surface area contributed by atoms with E-state index in [0.29, 0.717) is 22.7 Å². The van der Waals surface area contributed by atoms with Crippen molar-refractivity contribution in [1.29, 1.82) is 0 Å². The molecule has 0 fully saturated rings. The van der Waals surface area contributed by atoms with Crippen LogP contribution in [0.1, 0.15) is 30.2 Å². The van der Waals surface area contributed by atoms with Gasteiger partial charge in [0, 0.05) is 25.6 Å². The highest BCUT2D eigenvalue weighted by molar-refractivity contribution is 7.13. The number of carbonyl (C=O) groups excluding carboxylic acids is 1. The Balaban J connectivity index is 1.79. The first-order valence-electron chi connectivity index (χ1n) is 8.17. The van der Waals surface area contributed by atoms with Crippen molar-refractivity contribution in [3.63, 3.8) is 0 Å². The fraction of sp³-hybridized carbons (Fsp3) is 0.444. The zero-order valence-corrected chi connectivity index (χ0v) is 16.6. The molecule has 0 saturated heterocycles. The van der Waals surface area contributed by atoms with E-state index in [2.05, 4.69) is 22.0 Å². The summed E-state index contributed by atoms with van der Waals surface area (Å²) < 4.78 is 15.9. The van der Waals surface area contributed by atoms with E-state index in [1.165, 1.54) is 24.0 Å². The molecule has 0 bridgehead atoms. The topological polar surface area (TPSA) is 69.7 Å². The summed E-state index contributed by atoms with van der Waals surface area (Å²) in [6, 6.07) is 7.69. The molecule has 142 valence electrons. The molecule has 1 aromatic carbocycles. The highest BCUT2D eigenvalue weighted by Gasteiger charge is 2.15. The second-order valence-electron chi connectivity index (χ2n) is 5.74. The lowest BCUT2D eigenvalue weighted by Gasteiger charge is -2.17. The summed E-state index contributed by atoms with van der Waals surface area (Å²) in [7, 11) is 3.00. The van der Waals surface area contributed by atoms with Crippen LogP contribution in [0.5, 0.6) is 5.75 Å². The van der Waals surface area contributed by atoms with Crippen molar-refractivity contribution in [3.8, 4) is 5.75 Å². The number of aromatic nitrogens is 1. The van der Waals surface area contributed by atoms with E-state index < -0.39 is 5.97 Å². The Morgan fingerprint density at radius 3 is 2.58 bits per heavy atom. The van der Waals surface area contributed by atoms with Crippen molar-refractivity contribution in [2.24, 2.45) is 0 Å². The number of hydrogen-bond donors (Lipinski definition) is 1. The summed E-state index contributed by atoms with van der Waals surface area (Å²) in [5.74, 6) is 0.543. The number of rotatable bonds is 10. The first kappa shape index (κ1) is 20.6. The summed E-state index contributed by atoms with van der Waals surface area (Å²) in [6.45, 7) is 3.49. The Bertz CT molecular complexity index is 693. The molecular formula is C18H23ClN2O4S. The van der Waals surface area contributed by atoms with Crippen molar-refractivity contribution >= 4 is 28.9 Å². The van der Waals surface area contributed by atoms with Gasteiger partial charge >= 0.3 is 5.97 Å². The Morgan fingerprint density at radius 1 is 1.27 bits per heavy atom. The van der Waals surface area contributed by atoms with Crippen molar-refractivity contribution in [1.82, 2.24) is 10.3 Å². The standard InChI is InChI=1S/C18H23ClN2O4S/c1-12(8-20-9-16(23-2)15-11-26-18(19)21-15)13-4-6-14(7-5-13)25-10-17(22)24-3/h4-7,11-12,16,20H,8-10H2,1-3H3. The predicted molar refractivity (Wildman–Crippen MR) is 102 cm³/mol. The van der Waals surface area contributed by atoms with Gasteiger partial charge in [0.1, 0.15) is 11.9 Å². The molecule has 0 aliphatic carbocycles. The third-order valence-corrected chi connectivity index (χ3v) is 4.92. The molecule has 6 nitrogen and oxygen atoms in total. The Morgan fingerprint density at radius 2 is 2.00 bits per heavy atom. The van der Waals surface area contributed by atoms with Crippen molar-refractivity contribution in [2.45, 2.75) is 18.9 Å². The molecule has 2 atom stereocenters. The SMILES string of the molecule is COC(=O)COc1ccc(C(C)CNCC(OC)c2csc(Cl)n2)cc1. The predicted octanol–water partition coefficient (Wildman–Crippen LogP) is 3.43. The number of hydrogen-bond acceptors (Lipinski definition) is 7. The van der Waals surface area contributed by atoms with E-state index in [1.807, 2.05) is 29.6 Å². The number of thiazole rings is 1. The van der Waals surface area contributed by atoms with Crippen LogP contribution in [0.15, 0.2) is 29.6 Å². The van der Waals surface area contributed by atoms with Crippen LogP contribution in [0.25, 0.3) is 0 Å². The number of carbonyl (C=O) groups is 1. The Labute approximate surface area is 162 Å². The average Bonchev–Trinajstić information content (AvgIpc) is 3.09. The first-order valence-corrected chi connectivity index (χ1v) is 9.43. The number of methoxy groups -OCH3 is 2. The number of benzene rings is 1. The van der Waals surface area contributed by atoms with Crippen LogP contribution in [0.3, 0.4) is 0 Å². The summed E-state index contributed by atoms with van der Waals surface area (Å²) >= 11 is 7.28. The molecule has 1 aromatic heterocycles. The maximum Gasteiger partial charge on any atom is 0.343 e. The van der Waals surface area contributed by atoms with Gasteiger partial charge in [0.2, 0.25) is 0 Å². The summed E-state index contributed by atoms with van der Waals surface area (Å²) in [5, 5.41) is 5.32. The van der Waals surface area contributed by atoms with Gasteiger partial charge in [-0.1, -0.05) is 30.7 Å². The van der Waals surface area contributed by atoms with E-state index >= 15 is 0 Å². The minimum Gasteiger partial charge on any atom is -0.482 e. The monoisotopic (exact) mass is 398 g/mol. The van der Waals surface area contributed by atoms with Gasteiger partial charge in [-0.3, -0.25) is 0 Å². The van der Waals surface area contributed by atoms with Crippen LogP contribution in [0, 0.1) is 0 Å². The van der Waals surface area contributed by atoms with Gasteiger partial charge < -0.3 is 19.5 Å². The molecule has 0 spiro atoms. The van der Waals surface area contributed by atoms with Gasteiger partial charge in [0.05, 0.1) is 12.8 Å². The molecule has 2 aromatic rings. The Kier molecular flexibility index (Phi) is 8.31.